The van der Waals surface area contributed by atoms with E-state index in [0.29, 0.717) is 23.5 Å². The molecule has 4 rings (SSSR count). The molecule has 2 heterocycles. The highest BCUT2D eigenvalue weighted by Crippen LogP contribution is 2.31. The molecule has 0 radical (unpaired) electrons. The molecule has 0 spiro atoms. The van der Waals surface area contributed by atoms with Gasteiger partial charge in [-0.1, -0.05) is 12.1 Å². The topological polar surface area (TPSA) is 76.0 Å². The van der Waals surface area contributed by atoms with Crippen LogP contribution in [0.2, 0.25) is 0 Å². The van der Waals surface area contributed by atoms with Gasteiger partial charge in [0.15, 0.2) is 0 Å². The largest absolute Gasteiger partial charge is 0.352 e. The molecular formula is C20H18N4O2S. The Hall–Kier alpha value is -3.06. The van der Waals surface area contributed by atoms with Crippen LogP contribution in [0.25, 0.3) is 5.69 Å². The molecule has 0 fully saturated rings. The van der Waals surface area contributed by atoms with Crippen molar-refractivity contribution in [2.24, 2.45) is 0 Å². The quantitative estimate of drug-likeness (QED) is 0.716. The van der Waals surface area contributed by atoms with Crippen molar-refractivity contribution in [3.05, 3.63) is 72.1 Å². The number of fused-ring (bicyclic) bond motifs is 1. The molecule has 2 amide bonds. The fraction of sp³-hybridized carbons (Fsp3) is 0.150. The Morgan fingerprint density at radius 1 is 1.22 bits per heavy atom. The number of rotatable bonds is 5. The van der Waals surface area contributed by atoms with Crippen molar-refractivity contribution in [3.63, 3.8) is 0 Å². The van der Waals surface area contributed by atoms with Crippen LogP contribution in [0.4, 0.5) is 5.69 Å². The Kier molecular flexibility index (Phi) is 4.93. The molecule has 136 valence electrons. The summed E-state index contributed by atoms with van der Waals surface area (Å²) in [5, 5.41) is 9.94. The van der Waals surface area contributed by atoms with Crippen LogP contribution in [0, 0.1) is 0 Å². The first-order valence-corrected chi connectivity index (χ1v) is 9.61. The molecule has 0 saturated carbocycles. The molecule has 1 aliphatic heterocycles. The minimum atomic E-state index is -0.143. The summed E-state index contributed by atoms with van der Waals surface area (Å²) >= 11 is 1.48. The summed E-state index contributed by atoms with van der Waals surface area (Å²) in [7, 11) is 0. The van der Waals surface area contributed by atoms with E-state index in [1.165, 1.54) is 11.8 Å². The van der Waals surface area contributed by atoms with E-state index in [1.807, 2.05) is 42.6 Å². The highest BCUT2D eigenvalue weighted by atomic mass is 32.2. The van der Waals surface area contributed by atoms with E-state index in [-0.39, 0.29) is 11.8 Å². The van der Waals surface area contributed by atoms with Gasteiger partial charge in [0, 0.05) is 29.4 Å². The zero-order chi connectivity index (χ0) is 18.6. The Morgan fingerprint density at radius 2 is 2.07 bits per heavy atom. The lowest BCUT2D eigenvalue weighted by atomic mass is 10.1. The summed E-state index contributed by atoms with van der Waals surface area (Å²) < 4.78 is 1.80. The average Bonchev–Trinajstić information content (AvgIpc) is 3.22. The number of aromatic nitrogens is 2. The number of benzene rings is 2. The molecule has 7 heteroatoms. The average molecular weight is 378 g/mol. The van der Waals surface area contributed by atoms with E-state index in [2.05, 4.69) is 15.7 Å². The Balaban J connectivity index is 1.33. The van der Waals surface area contributed by atoms with Crippen molar-refractivity contribution in [3.8, 4) is 5.69 Å². The molecule has 1 aliphatic rings. The van der Waals surface area contributed by atoms with Gasteiger partial charge in [-0.25, -0.2) is 4.68 Å². The zero-order valence-corrected chi connectivity index (χ0v) is 15.3. The Morgan fingerprint density at radius 3 is 2.85 bits per heavy atom. The van der Waals surface area contributed by atoms with Gasteiger partial charge in [-0.3, -0.25) is 9.59 Å². The monoisotopic (exact) mass is 378 g/mol. The number of amides is 2. The maximum atomic E-state index is 12.4. The minimum Gasteiger partial charge on any atom is -0.352 e. The van der Waals surface area contributed by atoms with Crippen molar-refractivity contribution in [1.29, 1.82) is 0 Å². The molecule has 6 nitrogen and oxygen atoms in total. The number of thioether (sulfide) groups is 1. The van der Waals surface area contributed by atoms with Crippen LogP contribution in [0.5, 0.6) is 0 Å². The van der Waals surface area contributed by atoms with Crippen molar-refractivity contribution in [2.45, 2.75) is 11.3 Å². The minimum absolute atomic E-state index is 0.0383. The number of nitrogens with zero attached hydrogens (tertiary/aromatic N) is 2. The second-order valence-corrected chi connectivity index (χ2v) is 7.19. The fourth-order valence-electron chi connectivity index (χ4n) is 2.88. The molecule has 2 N–H and O–H groups in total. The third-order valence-corrected chi connectivity index (χ3v) is 5.35. The van der Waals surface area contributed by atoms with Gasteiger partial charge in [-0.15, -0.1) is 11.8 Å². The third kappa shape index (κ3) is 4.03. The maximum absolute atomic E-state index is 12.4. The molecule has 0 saturated heterocycles. The molecule has 0 bridgehead atoms. The number of anilines is 1. The summed E-state index contributed by atoms with van der Waals surface area (Å²) in [5.41, 5.74) is 3.39. The van der Waals surface area contributed by atoms with E-state index in [0.717, 1.165) is 22.6 Å². The fourth-order valence-corrected chi connectivity index (χ4v) is 3.67. The zero-order valence-electron chi connectivity index (χ0n) is 14.5. The van der Waals surface area contributed by atoms with Crippen molar-refractivity contribution in [1.82, 2.24) is 15.1 Å². The number of nitrogens with one attached hydrogen (secondary N) is 2. The van der Waals surface area contributed by atoms with E-state index in [4.69, 9.17) is 0 Å². The van der Waals surface area contributed by atoms with Crippen LogP contribution in [0.3, 0.4) is 0 Å². The van der Waals surface area contributed by atoms with Crippen LogP contribution in [0.1, 0.15) is 15.9 Å². The van der Waals surface area contributed by atoms with Gasteiger partial charge < -0.3 is 10.6 Å². The predicted molar refractivity (Wildman–Crippen MR) is 105 cm³/mol. The number of carbonyl (C=O) groups is 2. The molecule has 1 aromatic heterocycles. The van der Waals surface area contributed by atoms with Crippen LogP contribution < -0.4 is 10.6 Å². The van der Waals surface area contributed by atoms with Crippen LogP contribution >= 0.6 is 11.8 Å². The molecule has 27 heavy (non-hydrogen) atoms. The van der Waals surface area contributed by atoms with Crippen LogP contribution in [-0.4, -0.2) is 33.9 Å². The smallest absolute Gasteiger partial charge is 0.251 e. The molecule has 0 aliphatic carbocycles. The first-order valence-electron chi connectivity index (χ1n) is 8.63. The highest BCUT2D eigenvalue weighted by molar-refractivity contribution is 8.00. The SMILES string of the molecule is O=C1CSc2ccc(C(=O)NCCc3ccc(-n4cccn4)cc3)cc2N1. The second kappa shape index (κ2) is 7.67. The van der Waals surface area contributed by atoms with E-state index >= 15 is 0 Å². The number of carbonyl (C=O) groups excluding carboxylic acids is 2. The molecule has 3 aromatic rings. The Bertz CT molecular complexity index is 968. The highest BCUT2D eigenvalue weighted by Gasteiger charge is 2.17. The normalized spacial score (nSPS) is 13.0. The molecule has 0 unspecified atom stereocenters. The van der Waals surface area contributed by atoms with Crippen LogP contribution in [-0.2, 0) is 11.2 Å². The van der Waals surface area contributed by atoms with Crippen molar-refractivity contribution >= 4 is 29.3 Å². The van der Waals surface area contributed by atoms with Gasteiger partial charge in [-0.05, 0) is 48.4 Å². The third-order valence-electron chi connectivity index (χ3n) is 4.28. The summed E-state index contributed by atoms with van der Waals surface area (Å²) in [6.07, 6.45) is 4.38. The summed E-state index contributed by atoms with van der Waals surface area (Å²) in [5.74, 6) is 0.233. The lowest BCUT2D eigenvalue weighted by molar-refractivity contribution is -0.113. The van der Waals surface area contributed by atoms with Gasteiger partial charge in [0.2, 0.25) is 5.91 Å². The van der Waals surface area contributed by atoms with Gasteiger partial charge >= 0.3 is 0 Å². The van der Waals surface area contributed by atoms with E-state index < -0.39 is 0 Å². The molecule has 2 aromatic carbocycles. The van der Waals surface area contributed by atoms with Crippen LogP contribution in [0.15, 0.2) is 65.8 Å². The number of hydrogen-bond donors (Lipinski definition) is 2. The maximum Gasteiger partial charge on any atom is 0.251 e. The van der Waals surface area contributed by atoms with Gasteiger partial charge in [0.05, 0.1) is 17.1 Å². The lowest BCUT2D eigenvalue weighted by Gasteiger charge is -2.17. The molecule has 0 atom stereocenters. The second-order valence-electron chi connectivity index (χ2n) is 6.17. The predicted octanol–water partition coefficient (Wildman–Crippen LogP) is 2.89. The first-order chi connectivity index (χ1) is 13.2. The van der Waals surface area contributed by atoms with Crippen molar-refractivity contribution in [2.75, 3.05) is 17.6 Å². The molecular weight excluding hydrogens is 360 g/mol. The Labute approximate surface area is 161 Å². The summed E-state index contributed by atoms with van der Waals surface area (Å²) in [4.78, 5) is 24.9. The lowest BCUT2D eigenvalue weighted by Crippen LogP contribution is -2.26. The van der Waals surface area contributed by atoms with Gasteiger partial charge in [0.25, 0.3) is 5.91 Å². The van der Waals surface area contributed by atoms with Crippen molar-refractivity contribution < 1.29 is 9.59 Å². The van der Waals surface area contributed by atoms with Gasteiger partial charge in [-0.2, -0.15) is 5.10 Å². The number of hydrogen-bond acceptors (Lipinski definition) is 4. The summed E-state index contributed by atoms with van der Waals surface area (Å²) in [6, 6.07) is 15.4. The van der Waals surface area contributed by atoms with E-state index in [9.17, 15) is 9.59 Å². The standard InChI is InChI=1S/C20H18N4O2S/c25-19-13-27-18-7-4-15(12-17(18)23-19)20(26)21-10-8-14-2-5-16(6-3-14)24-11-1-9-22-24/h1-7,9,11-12H,8,10,13H2,(H,21,26)(H,23,25). The van der Waals surface area contributed by atoms with E-state index in [1.54, 1.807) is 23.0 Å². The summed E-state index contributed by atoms with van der Waals surface area (Å²) in [6.45, 7) is 0.540. The first kappa shape index (κ1) is 17.4. The van der Waals surface area contributed by atoms with Gasteiger partial charge in [0.1, 0.15) is 0 Å².